The highest BCUT2D eigenvalue weighted by Gasteiger charge is 2.40. The molecule has 1 saturated heterocycles. The molecule has 6 atom stereocenters. The fourth-order valence-electron chi connectivity index (χ4n) is 4.56. The molecule has 1 heterocycles. The molecule has 2 fully saturated rings. The minimum atomic E-state index is 0.414. The predicted molar refractivity (Wildman–Crippen MR) is 85.0 cm³/mol. The Bertz CT molecular complexity index is 297. The summed E-state index contributed by atoms with van der Waals surface area (Å²) >= 11 is 0. The van der Waals surface area contributed by atoms with Gasteiger partial charge in [0.15, 0.2) is 0 Å². The van der Waals surface area contributed by atoms with Crippen molar-refractivity contribution in [2.24, 2.45) is 17.8 Å². The van der Waals surface area contributed by atoms with Crippen molar-refractivity contribution in [3.63, 3.8) is 0 Å². The van der Waals surface area contributed by atoms with E-state index in [4.69, 9.17) is 4.74 Å². The lowest BCUT2D eigenvalue weighted by Gasteiger charge is -2.49. The lowest BCUT2D eigenvalue weighted by molar-refractivity contribution is -0.0437. The molecule has 0 aromatic heterocycles. The van der Waals surface area contributed by atoms with Gasteiger partial charge in [0.05, 0.1) is 6.10 Å². The normalized spacial score (nSPS) is 43.6. The average molecular weight is 282 g/mol. The van der Waals surface area contributed by atoms with Crippen molar-refractivity contribution in [3.8, 4) is 0 Å². The van der Waals surface area contributed by atoms with E-state index in [1.54, 1.807) is 0 Å². The molecule has 0 spiro atoms. The molecule has 0 aromatic carbocycles. The Balaban J connectivity index is 2.07. The van der Waals surface area contributed by atoms with Gasteiger partial charge in [-0.05, 0) is 50.1 Å². The van der Waals surface area contributed by atoms with Crippen LogP contribution in [0.5, 0.6) is 0 Å². The van der Waals surface area contributed by atoms with Crippen molar-refractivity contribution >= 4 is 0 Å². The third-order valence-electron chi connectivity index (χ3n) is 5.54. The summed E-state index contributed by atoms with van der Waals surface area (Å²) in [5.41, 5.74) is 0. The molecular formula is C17H34N2O. The highest BCUT2D eigenvalue weighted by Crippen LogP contribution is 2.34. The molecule has 118 valence electrons. The largest absolute Gasteiger partial charge is 0.380 e. The summed E-state index contributed by atoms with van der Waals surface area (Å²) in [5, 5.41) is 3.75. The summed E-state index contributed by atoms with van der Waals surface area (Å²) in [5.74, 6) is 2.34. The van der Waals surface area contributed by atoms with Gasteiger partial charge in [-0.1, -0.05) is 27.7 Å². The Hall–Kier alpha value is -0.120. The molecule has 1 saturated carbocycles. The summed E-state index contributed by atoms with van der Waals surface area (Å²) in [4.78, 5) is 2.72. The number of piperidine rings is 1. The van der Waals surface area contributed by atoms with Crippen molar-refractivity contribution in [1.82, 2.24) is 10.2 Å². The fourth-order valence-corrected chi connectivity index (χ4v) is 4.56. The van der Waals surface area contributed by atoms with Crippen LogP contribution in [0.2, 0.25) is 0 Å². The van der Waals surface area contributed by atoms with Gasteiger partial charge in [-0.3, -0.25) is 4.90 Å². The van der Waals surface area contributed by atoms with Gasteiger partial charge in [0, 0.05) is 25.7 Å². The molecule has 0 radical (unpaired) electrons. The van der Waals surface area contributed by atoms with Crippen molar-refractivity contribution in [1.29, 1.82) is 0 Å². The summed E-state index contributed by atoms with van der Waals surface area (Å²) in [6.07, 6.45) is 4.39. The number of rotatable bonds is 4. The van der Waals surface area contributed by atoms with Crippen molar-refractivity contribution in [2.45, 2.75) is 65.1 Å². The Morgan fingerprint density at radius 1 is 1.15 bits per heavy atom. The molecule has 3 nitrogen and oxygen atoms in total. The first-order valence-electron chi connectivity index (χ1n) is 8.57. The monoisotopic (exact) mass is 282 g/mol. The number of hydrogen-bond acceptors (Lipinski definition) is 3. The highest BCUT2D eigenvalue weighted by molar-refractivity contribution is 4.96. The van der Waals surface area contributed by atoms with Gasteiger partial charge in [0.2, 0.25) is 0 Å². The van der Waals surface area contributed by atoms with Gasteiger partial charge in [0.25, 0.3) is 0 Å². The maximum atomic E-state index is 5.71. The molecule has 1 aliphatic carbocycles. The molecule has 0 bridgehead atoms. The van der Waals surface area contributed by atoms with E-state index < -0.39 is 0 Å². The SMILES string of the molecule is CCNC1CC(C)CC(C)C1N1CCC(C)C(OC)C1. The molecule has 3 heteroatoms. The van der Waals surface area contributed by atoms with Crippen LogP contribution in [0.15, 0.2) is 0 Å². The van der Waals surface area contributed by atoms with E-state index in [1.165, 1.54) is 25.8 Å². The van der Waals surface area contributed by atoms with E-state index in [0.29, 0.717) is 24.1 Å². The van der Waals surface area contributed by atoms with Crippen LogP contribution in [0.3, 0.4) is 0 Å². The fraction of sp³-hybridized carbons (Fsp3) is 1.00. The standard InChI is InChI=1S/C17H34N2O/c1-6-18-15-10-12(2)9-14(4)17(15)19-8-7-13(3)16(11-19)20-5/h12-18H,6-11H2,1-5H3. The molecule has 2 aliphatic rings. The number of ether oxygens (including phenoxy) is 1. The number of hydrogen-bond donors (Lipinski definition) is 1. The van der Waals surface area contributed by atoms with E-state index in [0.717, 1.165) is 24.9 Å². The summed E-state index contributed by atoms with van der Waals surface area (Å²) in [6, 6.07) is 1.35. The van der Waals surface area contributed by atoms with Crippen LogP contribution < -0.4 is 5.32 Å². The quantitative estimate of drug-likeness (QED) is 0.858. The first-order chi connectivity index (χ1) is 9.56. The van der Waals surface area contributed by atoms with Crippen molar-refractivity contribution in [3.05, 3.63) is 0 Å². The van der Waals surface area contributed by atoms with Gasteiger partial charge in [-0.25, -0.2) is 0 Å². The third-order valence-corrected chi connectivity index (χ3v) is 5.54. The number of methoxy groups -OCH3 is 1. The summed E-state index contributed by atoms with van der Waals surface area (Å²) in [6.45, 7) is 12.9. The summed E-state index contributed by atoms with van der Waals surface area (Å²) < 4.78 is 5.71. The third kappa shape index (κ3) is 3.55. The predicted octanol–water partition coefficient (Wildman–Crippen LogP) is 2.76. The Morgan fingerprint density at radius 2 is 1.90 bits per heavy atom. The van der Waals surface area contributed by atoms with Crippen LogP contribution in [-0.2, 0) is 4.74 Å². The van der Waals surface area contributed by atoms with Crippen LogP contribution in [0, 0.1) is 17.8 Å². The number of nitrogens with zero attached hydrogens (tertiary/aromatic N) is 1. The molecule has 6 unspecified atom stereocenters. The zero-order valence-electron chi connectivity index (χ0n) is 14.1. The lowest BCUT2D eigenvalue weighted by Crippen LogP contribution is -2.60. The van der Waals surface area contributed by atoms with E-state index in [1.807, 2.05) is 7.11 Å². The zero-order valence-corrected chi connectivity index (χ0v) is 14.1. The molecule has 0 amide bonds. The molecule has 2 rings (SSSR count). The second-order valence-corrected chi connectivity index (χ2v) is 7.24. The van der Waals surface area contributed by atoms with Crippen molar-refractivity contribution in [2.75, 3.05) is 26.7 Å². The van der Waals surface area contributed by atoms with Crippen LogP contribution in [0.4, 0.5) is 0 Å². The van der Waals surface area contributed by atoms with E-state index in [9.17, 15) is 0 Å². The maximum Gasteiger partial charge on any atom is 0.0724 e. The Kier molecular flexibility index (Phi) is 5.88. The van der Waals surface area contributed by atoms with Gasteiger partial charge < -0.3 is 10.1 Å². The van der Waals surface area contributed by atoms with Gasteiger partial charge in [0.1, 0.15) is 0 Å². The van der Waals surface area contributed by atoms with Crippen LogP contribution in [0.1, 0.15) is 47.0 Å². The highest BCUT2D eigenvalue weighted by atomic mass is 16.5. The van der Waals surface area contributed by atoms with E-state index in [-0.39, 0.29) is 0 Å². The van der Waals surface area contributed by atoms with Crippen LogP contribution >= 0.6 is 0 Å². The molecule has 20 heavy (non-hydrogen) atoms. The van der Waals surface area contributed by atoms with Gasteiger partial charge in [-0.2, -0.15) is 0 Å². The lowest BCUT2D eigenvalue weighted by atomic mass is 9.75. The van der Waals surface area contributed by atoms with E-state index >= 15 is 0 Å². The average Bonchev–Trinajstić information content (AvgIpc) is 2.40. The molecule has 1 N–H and O–H groups in total. The summed E-state index contributed by atoms with van der Waals surface area (Å²) in [7, 11) is 1.87. The number of nitrogens with one attached hydrogen (secondary N) is 1. The molecule has 0 aromatic rings. The van der Waals surface area contributed by atoms with Crippen LogP contribution in [-0.4, -0.2) is 49.8 Å². The van der Waals surface area contributed by atoms with E-state index in [2.05, 4.69) is 37.9 Å². The topological polar surface area (TPSA) is 24.5 Å². The first kappa shape index (κ1) is 16.3. The van der Waals surface area contributed by atoms with Crippen LogP contribution in [0.25, 0.3) is 0 Å². The van der Waals surface area contributed by atoms with Gasteiger partial charge >= 0.3 is 0 Å². The maximum absolute atomic E-state index is 5.71. The first-order valence-corrected chi connectivity index (χ1v) is 8.57. The number of likely N-dealkylation sites (tertiary alicyclic amines) is 1. The number of likely N-dealkylation sites (N-methyl/N-ethyl adjacent to an activating group) is 1. The Labute approximate surface area is 125 Å². The minimum absolute atomic E-state index is 0.414. The van der Waals surface area contributed by atoms with Gasteiger partial charge in [-0.15, -0.1) is 0 Å². The Morgan fingerprint density at radius 3 is 2.55 bits per heavy atom. The second-order valence-electron chi connectivity index (χ2n) is 7.24. The van der Waals surface area contributed by atoms with Crippen molar-refractivity contribution < 1.29 is 4.74 Å². The molecule has 1 aliphatic heterocycles. The molecular weight excluding hydrogens is 248 g/mol. The smallest absolute Gasteiger partial charge is 0.0724 e. The zero-order chi connectivity index (χ0) is 14.7. The minimum Gasteiger partial charge on any atom is -0.380 e. The second kappa shape index (κ2) is 7.24.